The number of pyridine rings is 3. The molecule has 0 saturated carbocycles. The van der Waals surface area contributed by atoms with Gasteiger partial charge in [-0.3, -0.25) is 4.98 Å². The largest absolute Gasteiger partial charge is 0.357 e. The number of rotatable bonds is 4. The fourth-order valence-electron chi connectivity index (χ4n) is 4.87. The number of hydrogen-bond donors (Lipinski definition) is 1. The number of hydrogen-bond acceptors (Lipinski definition) is 4. The van der Waals surface area contributed by atoms with Crippen molar-refractivity contribution in [2.45, 2.75) is 105 Å². The van der Waals surface area contributed by atoms with Gasteiger partial charge in [0.25, 0.3) is 0 Å². The van der Waals surface area contributed by atoms with Gasteiger partial charge in [-0.05, 0) is 68.4 Å². The van der Waals surface area contributed by atoms with Crippen molar-refractivity contribution in [3.8, 4) is 22.6 Å². The fraction of sp³-hybridized carbons (Fsp3) is 0.432. The first-order valence-corrected chi connectivity index (χ1v) is 14.6. The van der Waals surface area contributed by atoms with E-state index in [1.165, 1.54) is 16.7 Å². The summed E-state index contributed by atoms with van der Waals surface area (Å²) in [6.07, 6.45) is 3.78. The van der Waals surface area contributed by atoms with Crippen LogP contribution in [-0.4, -0.2) is 15.0 Å². The molecule has 5 heteroatoms. The summed E-state index contributed by atoms with van der Waals surface area (Å²) < 4.78 is 0. The monoisotopic (exact) mass is 742 g/mol. The van der Waals surface area contributed by atoms with E-state index in [4.69, 9.17) is 15.0 Å². The minimum Gasteiger partial charge on any atom is -0.357 e. The van der Waals surface area contributed by atoms with Gasteiger partial charge in [-0.25, -0.2) is 4.98 Å². The van der Waals surface area contributed by atoms with E-state index in [1.807, 2.05) is 12.4 Å². The summed E-state index contributed by atoms with van der Waals surface area (Å²) in [6.45, 7) is 26.7. The second kappa shape index (κ2) is 12.0. The van der Waals surface area contributed by atoms with E-state index in [1.54, 1.807) is 0 Å². The zero-order valence-corrected chi connectivity index (χ0v) is 29.7. The van der Waals surface area contributed by atoms with Crippen molar-refractivity contribution in [3.05, 3.63) is 89.2 Å². The summed E-state index contributed by atoms with van der Waals surface area (Å²) in [7, 11) is 0. The molecule has 0 unspecified atom stereocenters. The Kier molecular flexibility index (Phi) is 9.65. The third kappa shape index (κ3) is 7.75. The van der Waals surface area contributed by atoms with Crippen molar-refractivity contribution in [1.82, 2.24) is 15.0 Å². The quantitative estimate of drug-likeness (QED) is 0.212. The topological polar surface area (TPSA) is 50.7 Å². The van der Waals surface area contributed by atoms with E-state index >= 15 is 0 Å². The predicted molar refractivity (Wildman–Crippen MR) is 174 cm³/mol. The van der Waals surface area contributed by atoms with Crippen LogP contribution in [0, 0.1) is 6.07 Å². The third-order valence-electron chi connectivity index (χ3n) is 7.49. The molecule has 42 heavy (non-hydrogen) atoms. The zero-order valence-electron chi connectivity index (χ0n) is 27.4. The van der Waals surface area contributed by atoms with Crippen LogP contribution in [0.5, 0.6) is 0 Å². The van der Waals surface area contributed by atoms with Gasteiger partial charge in [-0.15, -0.1) is 23.8 Å². The average molecular weight is 743 g/mol. The van der Waals surface area contributed by atoms with E-state index in [-0.39, 0.29) is 42.7 Å². The van der Waals surface area contributed by atoms with Gasteiger partial charge < -0.3 is 10.3 Å². The molecule has 0 bridgehead atoms. The normalized spacial score (nSPS) is 12.6. The van der Waals surface area contributed by atoms with Crippen LogP contribution in [0.2, 0.25) is 0 Å². The van der Waals surface area contributed by atoms with E-state index < -0.39 is 0 Å². The van der Waals surface area contributed by atoms with Gasteiger partial charge in [0, 0.05) is 39.0 Å². The Morgan fingerprint density at radius 3 is 1.57 bits per heavy atom. The Morgan fingerprint density at radius 2 is 1.05 bits per heavy atom. The summed E-state index contributed by atoms with van der Waals surface area (Å²) in [5.74, 6) is 0.827. The third-order valence-corrected chi connectivity index (χ3v) is 7.49. The van der Waals surface area contributed by atoms with Crippen molar-refractivity contribution in [2.24, 2.45) is 0 Å². The van der Waals surface area contributed by atoms with Crippen LogP contribution < -0.4 is 5.32 Å². The van der Waals surface area contributed by atoms with Crippen LogP contribution in [0.15, 0.2) is 60.9 Å². The van der Waals surface area contributed by atoms with Crippen molar-refractivity contribution in [3.63, 3.8) is 0 Å². The molecule has 4 nitrogen and oxygen atoms in total. The van der Waals surface area contributed by atoms with Crippen LogP contribution in [0.3, 0.4) is 0 Å². The second-order valence-electron chi connectivity index (χ2n) is 15.2. The molecule has 0 aliphatic carbocycles. The van der Waals surface area contributed by atoms with E-state index in [9.17, 15) is 0 Å². The van der Waals surface area contributed by atoms with Gasteiger partial charge in [-0.2, -0.15) is 0 Å². The van der Waals surface area contributed by atoms with Gasteiger partial charge in [0.2, 0.25) is 0 Å². The molecule has 1 aromatic carbocycles. The molecule has 3 heterocycles. The number of anilines is 2. The molecule has 0 saturated heterocycles. The van der Waals surface area contributed by atoms with Gasteiger partial charge >= 0.3 is 0 Å². The molecular weight excluding hydrogens is 696 g/mol. The molecule has 3 aromatic heterocycles. The first-order chi connectivity index (χ1) is 18.8. The maximum atomic E-state index is 5.19. The molecular formula is C37H47N4Pt-. The Labute approximate surface area is 268 Å². The van der Waals surface area contributed by atoms with Crippen molar-refractivity contribution in [1.29, 1.82) is 0 Å². The SMILES string of the molecule is CC(C)(C)c1ccnc(-c2[c-]c(Nc3nc(-c4cc(C(C)(C)C)ccn4)ccc3C(C)(C)C)c(C(C)(C)C)cc2)c1.[Pt]. The summed E-state index contributed by atoms with van der Waals surface area (Å²) in [5, 5.41) is 3.74. The zero-order chi connectivity index (χ0) is 30.4. The Balaban J connectivity index is 0.00000484. The van der Waals surface area contributed by atoms with E-state index in [2.05, 4.69) is 143 Å². The number of nitrogens with one attached hydrogen (secondary N) is 1. The van der Waals surface area contributed by atoms with Crippen molar-refractivity contribution in [2.75, 3.05) is 5.32 Å². The summed E-state index contributed by atoms with van der Waals surface area (Å²) in [5.41, 5.74) is 9.17. The minimum absolute atomic E-state index is 0. The van der Waals surface area contributed by atoms with E-state index in [0.29, 0.717) is 0 Å². The first-order valence-electron chi connectivity index (χ1n) is 14.6. The Hall–Kier alpha value is -2.84. The van der Waals surface area contributed by atoms with Crippen LogP contribution in [0.4, 0.5) is 11.5 Å². The van der Waals surface area contributed by atoms with Crippen LogP contribution in [0.1, 0.15) is 105 Å². The average Bonchev–Trinajstić information content (AvgIpc) is 2.86. The molecule has 0 aliphatic heterocycles. The van der Waals surface area contributed by atoms with Gasteiger partial charge in [0.1, 0.15) is 5.82 Å². The molecule has 226 valence electrons. The Bertz CT molecular complexity index is 1430. The summed E-state index contributed by atoms with van der Waals surface area (Å²) in [6, 6.07) is 20.8. The molecule has 1 N–H and O–H groups in total. The molecule has 0 radical (unpaired) electrons. The first kappa shape index (κ1) is 33.7. The number of benzene rings is 1. The van der Waals surface area contributed by atoms with Crippen molar-refractivity contribution >= 4 is 11.5 Å². The maximum absolute atomic E-state index is 5.19. The standard InChI is InChI=1S/C37H47N4.Pt/c1-34(2,3)25-17-19-38-30(22-25)24-13-14-27(36(7,8)9)31(21-24)41-33-28(37(10,11)12)15-16-29(40-33)32-23-26(18-20-39-32)35(4,5)6;/h13-20,22-23H,1-12H3,(H,40,41);/q-1;. The van der Waals surface area contributed by atoms with Crippen LogP contribution in [0.25, 0.3) is 22.6 Å². The summed E-state index contributed by atoms with van der Waals surface area (Å²) in [4.78, 5) is 14.6. The predicted octanol–water partition coefficient (Wildman–Crippen LogP) is 9.94. The summed E-state index contributed by atoms with van der Waals surface area (Å²) >= 11 is 0. The van der Waals surface area contributed by atoms with Gasteiger partial charge in [0.15, 0.2) is 0 Å². The molecule has 0 atom stereocenters. The number of nitrogens with zero attached hydrogens (tertiary/aromatic N) is 3. The molecule has 4 rings (SSSR count). The second-order valence-corrected chi connectivity index (χ2v) is 15.2. The Morgan fingerprint density at radius 1 is 0.548 bits per heavy atom. The van der Waals surface area contributed by atoms with Gasteiger partial charge in [0.05, 0.1) is 11.4 Å². The minimum atomic E-state index is -0.114. The molecule has 0 aliphatic rings. The smallest absolute Gasteiger partial charge is 0.133 e. The molecule has 4 aromatic rings. The van der Waals surface area contributed by atoms with Crippen LogP contribution >= 0.6 is 0 Å². The van der Waals surface area contributed by atoms with Crippen LogP contribution in [-0.2, 0) is 42.7 Å². The number of aromatic nitrogens is 3. The molecule has 0 amide bonds. The molecule has 0 spiro atoms. The van der Waals surface area contributed by atoms with Gasteiger partial charge in [-0.1, -0.05) is 101 Å². The van der Waals surface area contributed by atoms with E-state index in [0.717, 1.165) is 39.7 Å². The fourth-order valence-corrected chi connectivity index (χ4v) is 4.87. The van der Waals surface area contributed by atoms with Crippen molar-refractivity contribution < 1.29 is 21.1 Å². The maximum Gasteiger partial charge on any atom is 0.133 e. The molecule has 0 fully saturated rings.